The summed E-state index contributed by atoms with van der Waals surface area (Å²) in [5, 5.41) is 16.8. The second-order valence-electron chi connectivity index (χ2n) is 13.2. The Morgan fingerprint density at radius 2 is 1.93 bits per heavy atom. The number of hydrogen-bond donors (Lipinski definition) is 2. The first kappa shape index (κ1) is 26.1. The Labute approximate surface area is 244 Å². The normalized spacial score (nSPS) is 22.3. The minimum atomic E-state index is -0.504. The smallest absolute Gasteiger partial charge is 0.319 e. The van der Waals surface area contributed by atoms with Gasteiger partial charge in [-0.25, -0.2) is 4.39 Å². The van der Waals surface area contributed by atoms with Crippen LogP contribution in [0.4, 0.5) is 10.2 Å². The van der Waals surface area contributed by atoms with E-state index in [-0.39, 0.29) is 28.4 Å². The molecule has 8 nitrogen and oxygen atoms in total. The second-order valence-corrected chi connectivity index (χ2v) is 13.2. The maximum absolute atomic E-state index is 16.8. The molecule has 9 heteroatoms. The zero-order chi connectivity index (χ0) is 28.6. The van der Waals surface area contributed by atoms with Gasteiger partial charge in [-0.2, -0.15) is 9.97 Å². The van der Waals surface area contributed by atoms with Crippen LogP contribution in [0.3, 0.4) is 0 Å². The Hall–Kier alpha value is -3.56. The number of halogens is 1. The highest BCUT2D eigenvalue weighted by molar-refractivity contribution is 6.02. The molecule has 8 rings (SSSR count). The standard InChI is InChI=1S/C33H37FN6O2/c1-39(2)17-33(10-11-33)18-42-32-37-30-26(31(38-32)40-15-21-8-9-22(16-40)36-21)14-35-29(28(30)34)25-13-23(41)12-20-7-6-19-4-3-5-24(19)27(20)25/h6-7,12-14,21-22,36,41H,3-5,8-11,15-18H2,1-2H3. The number of fused-ring (bicyclic) bond motifs is 6. The number of ether oxygens (including phenoxy) is 1. The fourth-order valence-electron chi connectivity index (χ4n) is 7.63. The molecule has 2 unspecified atom stereocenters. The topological polar surface area (TPSA) is 86.6 Å². The fourth-order valence-corrected chi connectivity index (χ4v) is 7.63. The Morgan fingerprint density at radius 1 is 1.12 bits per heavy atom. The first-order valence-corrected chi connectivity index (χ1v) is 15.3. The Morgan fingerprint density at radius 3 is 2.69 bits per heavy atom. The average molecular weight is 569 g/mol. The molecule has 2 aromatic heterocycles. The molecule has 4 aliphatic rings. The van der Waals surface area contributed by atoms with Crippen molar-refractivity contribution in [1.82, 2.24) is 25.2 Å². The number of hydrogen-bond acceptors (Lipinski definition) is 8. The van der Waals surface area contributed by atoms with Gasteiger partial charge in [0.2, 0.25) is 0 Å². The molecule has 2 N–H and O–H groups in total. The number of phenols is 1. The SMILES string of the molecule is CN(C)CC1(COc2nc(N3CC4CCC(C3)N4)c3cnc(-c4cc(O)cc5ccc6c(c45)CCC6)c(F)c3n2)CC1. The molecular weight excluding hydrogens is 531 g/mol. The molecule has 2 saturated heterocycles. The highest BCUT2D eigenvalue weighted by Gasteiger charge is 2.44. The third kappa shape index (κ3) is 4.45. The fraction of sp³-hybridized carbons (Fsp3) is 0.485. The van der Waals surface area contributed by atoms with Crippen LogP contribution in [0.1, 0.15) is 43.2 Å². The van der Waals surface area contributed by atoms with Crippen LogP contribution in [0.15, 0.2) is 30.5 Å². The second kappa shape index (κ2) is 9.74. The van der Waals surface area contributed by atoms with Crippen molar-refractivity contribution in [1.29, 1.82) is 0 Å². The van der Waals surface area contributed by atoms with Crippen molar-refractivity contribution in [2.24, 2.45) is 5.41 Å². The number of nitrogens with one attached hydrogen (secondary N) is 1. The highest BCUT2D eigenvalue weighted by Crippen LogP contribution is 2.46. The zero-order valence-corrected chi connectivity index (χ0v) is 24.3. The van der Waals surface area contributed by atoms with Gasteiger partial charge < -0.3 is 25.0 Å². The quantitative estimate of drug-likeness (QED) is 0.328. The van der Waals surface area contributed by atoms with Gasteiger partial charge in [0.05, 0.1) is 12.0 Å². The van der Waals surface area contributed by atoms with Crippen molar-refractivity contribution in [3.05, 3.63) is 47.4 Å². The summed E-state index contributed by atoms with van der Waals surface area (Å²) in [5.74, 6) is 0.276. The minimum absolute atomic E-state index is 0.0936. The van der Waals surface area contributed by atoms with E-state index in [1.807, 2.05) is 6.07 Å². The number of nitrogens with zero attached hydrogens (tertiary/aromatic N) is 5. The van der Waals surface area contributed by atoms with Crippen LogP contribution in [0.5, 0.6) is 11.8 Å². The molecule has 4 heterocycles. The number of phenolic OH excluding ortho intramolecular Hbond substituents is 1. The van der Waals surface area contributed by atoms with E-state index in [1.165, 1.54) is 11.1 Å². The summed E-state index contributed by atoms with van der Waals surface area (Å²) in [6.07, 6.45) is 9.20. The van der Waals surface area contributed by atoms with E-state index in [0.717, 1.165) is 75.4 Å². The predicted molar refractivity (Wildman–Crippen MR) is 162 cm³/mol. The summed E-state index contributed by atoms with van der Waals surface area (Å²) < 4.78 is 23.1. The number of aromatic hydroxyl groups is 1. The number of piperazine rings is 1. The van der Waals surface area contributed by atoms with Gasteiger partial charge in [0.15, 0.2) is 5.82 Å². The van der Waals surface area contributed by atoms with Crippen LogP contribution in [-0.4, -0.2) is 77.4 Å². The van der Waals surface area contributed by atoms with Gasteiger partial charge in [0.25, 0.3) is 0 Å². The van der Waals surface area contributed by atoms with E-state index < -0.39 is 5.82 Å². The Balaban J connectivity index is 1.27. The average Bonchev–Trinajstić information content (AvgIpc) is 3.39. The van der Waals surface area contributed by atoms with Crippen LogP contribution >= 0.6 is 0 Å². The van der Waals surface area contributed by atoms with Crippen molar-refractivity contribution < 1.29 is 14.2 Å². The summed E-state index contributed by atoms with van der Waals surface area (Å²) in [7, 11) is 4.15. The van der Waals surface area contributed by atoms with E-state index >= 15 is 4.39 Å². The van der Waals surface area contributed by atoms with Crippen LogP contribution in [0, 0.1) is 11.2 Å². The van der Waals surface area contributed by atoms with Crippen molar-refractivity contribution in [2.75, 3.05) is 45.2 Å². The zero-order valence-electron chi connectivity index (χ0n) is 24.3. The molecule has 3 fully saturated rings. The number of aryl methyl sites for hydroxylation is 2. The van der Waals surface area contributed by atoms with Gasteiger partial charge in [-0.3, -0.25) is 4.98 Å². The maximum atomic E-state index is 16.8. The summed E-state index contributed by atoms with van der Waals surface area (Å²) in [6, 6.07) is 8.55. The van der Waals surface area contributed by atoms with Crippen molar-refractivity contribution >= 4 is 27.5 Å². The molecule has 0 amide bonds. The lowest BCUT2D eigenvalue weighted by Crippen LogP contribution is -2.51. The molecule has 2 aromatic carbocycles. The predicted octanol–water partition coefficient (Wildman–Crippen LogP) is 4.84. The van der Waals surface area contributed by atoms with Crippen LogP contribution in [0.25, 0.3) is 32.9 Å². The molecule has 2 bridgehead atoms. The van der Waals surface area contributed by atoms with Gasteiger partial charge >= 0.3 is 6.01 Å². The monoisotopic (exact) mass is 568 g/mol. The summed E-state index contributed by atoms with van der Waals surface area (Å²) >= 11 is 0. The molecule has 0 radical (unpaired) electrons. The van der Waals surface area contributed by atoms with Gasteiger partial charge in [0.1, 0.15) is 22.8 Å². The van der Waals surface area contributed by atoms with Gasteiger partial charge in [0, 0.05) is 48.9 Å². The third-order valence-electron chi connectivity index (χ3n) is 9.71. The Bertz CT molecular complexity index is 1710. The largest absolute Gasteiger partial charge is 0.508 e. The molecule has 4 aromatic rings. The summed E-state index contributed by atoms with van der Waals surface area (Å²) in [4.78, 5) is 18.7. The molecular formula is C33H37FN6O2. The number of pyridine rings is 1. The lowest BCUT2D eigenvalue weighted by Gasteiger charge is -2.34. The van der Waals surface area contributed by atoms with E-state index in [9.17, 15) is 5.11 Å². The summed E-state index contributed by atoms with van der Waals surface area (Å²) in [6.45, 7) is 3.05. The van der Waals surface area contributed by atoms with Crippen LogP contribution in [-0.2, 0) is 12.8 Å². The highest BCUT2D eigenvalue weighted by atomic mass is 19.1. The first-order valence-electron chi connectivity index (χ1n) is 15.3. The van der Waals surface area contributed by atoms with Gasteiger partial charge in [-0.05, 0) is 93.1 Å². The number of aromatic nitrogens is 3. The molecule has 42 heavy (non-hydrogen) atoms. The lowest BCUT2D eigenvalue weighted by atomic mass is 9.94. The van der Waals surface area contributed by atoms with E-state index in [0.29, 0.717) is 35.5 Å². The van der Waals surface area contributed by atoms with Crippen LogP contribution < -0.4 is 15.0 Å². The van der Waals surface area contributed by atoms with Gasteiger partial charge in [-0.1, -0.05) is 12.1 Å². The first-order chi connectivity index (χ1) is 20.4. The molecule has 0 spiro atoms. The van der Waals surface area contributed by atoms with E-state index in [1.54, 1.807) is 18.3 Å². The van der Waals surface area contributed by atoms with Gasteiger partial charge in [-0.15, -0.1) is 0 Å². The lowest BCUT2D eigenvalue weighted by molar-refractivity contribution is 0.183. The van der Waals surface area contributed by atoms with E-state index in [2.05, 4.69) is 40.3 Å². The molecule has 218 valence electrons. The van der Waals surface area contributed by atoms with Crippen molar-refractivity contribution in [3.63, 3.8) is 0 Å². The molecule has 2 aliphatic heterocycles. The molecule has 2 atom stereocenters. The summed E-state index contributed by atoms with van der Waals surface area (Å²) in [5.41, 5.74) is 3.63. The third-order valence-corrected chi connectivity index (χ3v) is 9.71. The number of benzene rings is 2. The minimum Gasteiger partial charge on any atom is -0.508 e. The maximum Gasteiger partial charge on any atom is 0.319 e. The number of anilines is 1. The van der Waals surface area contributed by atoms with E-state index in [4.69, 9.17) is 14.7 Å². The van der Waals surface area contributed by atoms with Crippen LogP contribution in [0.2, 0.25) is 0 Å². The molecule has 1 saturated carbocycles. The van der Waals surface area contributed by atoms with Crippen molar-refractivity contribution in [3.8, 4) is 23.0 Å². The Kier molecular flexibility index (Phi) is 6.05. The molecule has 2 aliphatic carbocycles. The van der Waals surface area contributed by atoms with Crippen molar-refractivity contribution in [2.45, 2.75) is 57.0 Å². The number of rotatable bonds is 7.